The third-order valence-corrected chi connectivity index (χ3v) is 4.42. The molecular formula is C14H24O11. The van der Waals surface area contributed by atoms with Crippen molar-refractivity contribution < 1.29 is 54.4 Å². The lowest BCUT2D eigenvalue weighted by atomic mass is 9.95. The molecule has 2 aliphatic heterocycles. The van der Waals surface area contributed by atoms with Crippen LogP contribution in [-0.4, -0.2) is 112 Å². The molecule has 2 fully saturated rings. The Morgan fingerprint density at radius 3 is 2.04 bits per heavy atom. The van der Waals surface area contributed by atoms with Crippen LogP contribution in [0.4, 0.5) is 0 Å². The van der Waals surface area contributed by atoms with Crippen molar-refractivity contribution in [1.29, 1.82) is 0 Å². The Kier molecular flexibility index (Phi) is 7.08. The van der Waals surface area contributed by atoms with Gasteiger partial charge in [0.2, 0.25) is 0 Å². The molecule has 0 aliphatic carbocycles. The molecule has 2 rings (SSSR count). The zero-order valence-corrected chi connectivity index (χ0v) is 13.5. The number of aliphatic hydroxyl groups excluding tert-OH is 6. The molecule has 2 heterocycles. The minimum Gasteiger partial charge on any atom is -0.459 e. The molecule has 146 valence electrons. The average molecular weight is 368 g/mol. The fourth-order valence-corrected chi connectivity index (χ4v) is 3.02. The summed E-state index contributed by atoms with van der Waals surface area (Å²) < 4.78 is 20.7. The van der Waals surface area contributed by atoms with Crippen molar-refractivity contribution in [2.75, 3.05) is 13.2 Å². The molecule has 0 amide bonds. The summed E-state index contributed by atoms with van der Waals surface area (Å²) in [5.41, 5.74) is 0. The van der Waals surface area contributed by atoms with Gasteiger partial charge in [0.15, 0.2) is 12.4 Å². The van der Waals surface area contributed by atoms with Gasteiger partial charge in [0.1, 0.15) is 42.7 Å². The predicted molar refractivity (Wildman–Crippen MR) is 77.0 cm³/mol. The van der Waals surface area contributed by atoms with E-state index in [-0.39, 0.29) is 6.47 Å². The first-order valence-corrected chi connectivity index (χ1v) is 7.85. The van der Waals surface area contributed by atoms with Crippen LogP contribution in [-0.2, 0) is 23.7 Å². The third-order valence-electron chi connectivity index (χ3n) is 4.42. The summed E-state index contributed by atoms with van der Waals surface area (Å²) in [6.07, 6.45) is -13.0. The summed E-state index contributed by atoms with van der Waals surface area (Å²) >= 11 is 0. The van der Waals surface area contributed by atoms with Crippen molar-refractivity contribution in [3.05, 3.63) is 0 Å². The van der Waals surface area contributed by atoms with Gasteiger partial charge < -0.3 is 49.6 Å². The second kappa shape index (κ2) is 8.66. The van der Waals surface area contributed by atoms with Gasteiger partial charge in [-0.25, -0.2) is 0 Å². The molecule has 2 saturated heterocycles. The van der Waals surface area contributed by atoms with Crippen LogP contribution in [0.3, 0.4) is 0 Å². The lowest BCUT2D eigenvalue weighted by Crippen LogP contribution is -2.64. The van der Waals surface area contributed by atoms with Gasteiger partial charge >= 0.3 is 0 Å². The van der Waals surface area contributed by atoms with Crippen molar-refractivity contribution in [1.82, 2.24) is 0 Å². The van der Waals surface area contributed by atoms with Crippen molar-refractivity contribution in [2.24, 2.45) is 0 Å². The molecule has 0 aromatic rings. The second-order valence-corrected chi connectivity index (χ2v) is 6.05. The first-order chi connectivity index (χ1) is 11.8. The zero-order chi connectivity index (χ0) is 18.7. The number of ether oxygens (including phenoxy) is 4. The number of rotatable bonds is 6. The van der Waals surface area contributed by atoms with Crippen LogP contribution in [0, 0.1) is 0 Å². The average Bonchev–Trinajstić information content (AvgIpc) is 2.60. The van der Waals surface area contributed by atoms with E-state index in [4.69, 9.17) is 19.3 Å². The molecule has 10 atom stereocenters. The molecule has 0 aromatic heterocycles. The fourth-order valence-electron chi connectivity index (χ4n) is 3.02. The fraction of sp³-hybridized carbons (Fsp3) is 0.929. The van der Waals surface area contributed by atoms with Gasteiger partial charge in [0.05, 0.1) is 19.3 Å². The minimum atomic E-state index is -1.65. The molecule has 11 nitrogen and oxygen atoms in total. The molecule has 0 aromatic carbocycles. The number of aliphatic hydroxyl groups is 6. The standard InChI is InChI=1S/C14H24O11/c1-5-12(9(19)8(18)6(2-15)23-5)25-14-11(21)10(20)13(22-4-17)7(3-16)24-14/h4-16,18-21H,2-3H2,1H3/t5?,6-,7+,8+,9-,10+,11-,12+,13+,14+/m0/s1. The van der Waals surface area contributed by atoms with Crippen molar-refractivity contribution >= 4 is 6.47 Å². The Balaban J connectivity index is 2.09. The summed E-state index contributed by atoms with van der Waals surface area (Å²) in [5, 5.41) is 58.7. The molecule has 0 radical (unpaired) electrons. The van der Waals surface area contributed by atoms with Crippen LogP contribution in [0.1, 0.15) is 6.92 Å². The summed E-state index contributed by atoms with van der Waals surface area (Å²) in [4.78, 5) is 10.5. The quantitative estimate of drug-likeness (QED) is 0.251. The smallest absolute Gasteiger partial charge is 0.293 e. The Labute approximate surface area is 143 Å². The number of carbonyl (C=O) groups is 1. The van der Waals surface area contributed by atoms with Gasteiger partial charge in [0.25, 0.3) is 6.47 Å². The van der Waals surface area contributed by atoms with E-state index in [1.165, 1.54) is 6.92 Å². The molecule has 2 aliphatic rings. The Bertz CT molecular complexity index is 433. The Hall–Kier alpha value is -0.890. The number of hydrogen-bond acceptors (Lipinski definition) is 11. The molecule has 1 unspecified atom stereocenters. The number of carbonyl (C=O) groups excluding carboxylic acids is 1. The second-order valence-electron chi connectivity index (χ2n) is 6.05. The van der Waals surface area contributed by atoms with Crippen LogP contribution < -0.4 is 0 Å². The summed E-state index contributed by atoms with van der Waals surface area (Å²) in [5.74, 6) is 0. The van der Waals surface area contributed by atoms with Crippen LogP contribution in [0.25, 0.3) is 0 Å². The van der Waals surface area contributed by atoms with Gasteiger partial charge in [-0.1, -0.05) is 0 Å². The first kappa shape index (κ1) is 20.4. The van der Waals surface area contributed by atoms with E-state index in [1.807, 2.05) is 0 Å². The zero-order valence-electron chi connectivity index (χ0n) is 13.5. The Morgan fingerprint density at radius 2 is 1.48 bits per heavy atom. The monoisotopic (exact) mass is 368 g/mol. The molecule has 0 spiro atoms. The van der Waals surface area contributed by atoms with Crippen LogP contribution in [0.15, 0.2) is 0 Å². The van der Waals surface area contributed by atoms with E-state index < -0.39 is 74.4 Å². The van der Waals surface area contributed by atoms with Crippen LogP contribution in [0.5, 0.6) is 0 Å². The highest BCUT2D eigenvalue weighted by molar-refractivity contribution is 5.38. The molecular weight excluding hydrogens is 344 g/mol. The topological polar surface area (TPSA) is 175 Å². The highest BCUT2D eigenvalue weighted by atomic mass is 16.7. The van der Waals surface area contributed by atoms with E-state index >= 15 is 0 Å². The molecule has 11 heteroatoms. The van der Waals surface area contributed by atoms with Crippen LogP contribution in [0.2, 0.25) is 0 Å². The van der Waals surface area contributed by atoms with Gasteiger partial charge in [0, 0.05) is 0 Å². The van der Waals surface area contributed by atoms with Crippen molar-refractivity contribution in [3.63, 3.8) is 0 Å². The van der Waals surface area contributed by atoms with E-state index in [9.17, 15) is 30.3 Å². The minimum absolute atomic E-state index is 0.0556. The predicted octanol–water partition coefficient (Wildman–Crippen LogP) is -4.15. The van der Waals surface area contributed by atoms with Crippen LogP contribution >= 0.6 is 0 Å². The Morgan fingerprint density at radius 1 is 0.880 bits per heavy atom. The SMILES string of the molecule is CC1O[C@@H](CO)[C@@H](O)[C@H](O)[C@@H]1O[C@H]1O[C@H](CO)[C@@H](OC=O)[C@H](O)[C@@H]1O. The van der Waals surface area contributed by atoms with Gasteiger partial charge in [-0.2, -0.15) is 0 Å². The molecule has 0 bridgehead atoms. The molecule has 6 N–H and O–H groups in total. The van der Waals surface area contributed by atoms with E-state index in [1.54, 1.807) is 0 Å². The highest BCUT2D eigenvalue weighted by Gasteiger charge is 2.50. The van der Waals surface area contributed by atoms with Gasteiger partial charge in [-0.15, -0.1) is 0 Å². The molecule has 25 heavy (non-hydrogen) atoms. The summed E-state index contributed by atoms with van der Waals surface area (Å²) in [6, 6.07) is 0. The van der Waals surface area contributed by atoms with Crippen molar-refractivity contribution in [3.8, 4) is 0 Å². The van der Waals surface area contributed by atoms with Crippen molar-refractivity contribution in [2.45, 2.75) is 68.1 Å². The largest absolute Gasteiger partial charge is 0.459 e. The van der Waals surface area contributed by atoms with Gasteiger partial charge in [-0.05, 0) is 6.92 Å². The summed E-state index contributed by atoms with van der Waals surface area (Å²) in [6.45, 7) is 0.445. The maximum Gasteiger partial charge on any atom is 0.293 e. The van der Waals surface area contributed by atoms with Gasteiger partial charge in [-0.3, -0.25) is 4.79 Å². The highest BCUT2D eigenvalue weighted by Crippen LogP contribution is 2.29. The first-order valence-electron chi connectivity index (χ1n) is 7.85. The van der Waals surface area contributed by atoms with E-state index in [0.29, 0.717) is 0 Å². The maximum absolute atomic E-state index is 10.5. The van der Waals surface area contributed by atoms with E-state index in [0.717, 1.165) is 0 Å². The molecule has 0 saturated carbocycles. The summed E-state index contributed by atoms with van der Waals surface area (Å²) in [7, 11) is 0. The maximum atomic E-state index is 10.5. The third kappa shape index (κ3) is 4.10. The lowest BCUT2D eigenvalue weighted by Gasteiger charge is -2.45. The normalized spacial score (nSPS) is 48.1. The van der Waals surface area contributed by atoms with E-state index in [2.05, 4.69) is 4.74 Å². The number of hydrogen-bond donors (Lipinski definition) is 6. The lowest BCUT2D eigenvalue weighted by molar-refractivity contribution is -0.340.